The lowest BCUT2D eigenvalue weighted by atomic mass is 10.1. The van der Waals surface area contributed by atoms with Crippen molar-refractivity contribution < 1.29 is 14.6 Å². The number of hydrogen-bond acceptors (Lipinski definition) is 5. The van der Waals surface area contributed by atoms with Gasteiger partial charge >= 0.3 is 5.97 Å². The molecule has 6 nitrogen and oxygen atoms in total. The van der Waals surface area contributed by atoms with Crippen molar-refractivity contribution in [3.05, 3.63) is 56.4 Å². The van der Waals surface area contributed by atoms with Crippen LogP contribution in [0.15, 0.2) is 34.4 Å². The highest BCUT2D eigenvalue weighted by Crippen LogP contribution is 2.24. The molecule has 8 heteroatoms. The van der Waals surface area contributed by atoms with E-state index in [-0.39, 0.29) is 22.4 Å². The van der Waals surface area contributed by atoms with E-state index in [2.05, 4.69) is 4.98 Å². The summed E-state index contributed by atoms with van der Waals surface area (Å²) < 4.78 is 7.24. The van der Waals surface area contributed by atoms with Crippen LogP contribution in [0.5, 0.6) is 5.75 Å². The van der Waals surface area contributed by atoms with Crippen LogP contribution in [0.25, 0.3) is 10.2 Å². The van der Waals surface area contributed by atoms with E-state index in [1.807, 2.05) is 13.8 Å². The Labute approximate surface area is 165 Å². The van der Waals surface area contributed by atoms with Crippen LogP contribution in [0.3, 0.4) is 0 Å². The Morgan fingerprint density at radius 2 is 2.04 bits per heavy atom. The standard InChI is InChI=1S/C19H19ClN2O4S/c1-11(2)16-21-17-15(14(10-27-17)19(24)25)18(23)22(16)8-3-9-26-13-6-4-12(20)5-7-13/h4-7,10-11H,3,8-9H2,1-2H3,(H,24,25). The maximum Gasteiger partial charge on any atom is 0.337 e. The number of aromatic nitrogens is 2. The summed E-state index contributed by atoms with van der Waals surface area (Å²) in [6.45, 7) is 4.73. The van der Waals surface area contributed by atoms with Gasteiger partial charge in [0.15, 0.2) is 0 Å². The van der Waals surface area contributed by atoms with Gasteiger partial charge in [0.2, 0.25) is 0 Å². The lowest BCUT2D eigenvalue weighted by Crippen LogP contribution is -2.27. The Hall–Kier alpha value is -2.38. The second kappa shape index (κ2) is 8.10. The van der Waals surface area contributed by atoms with Gasteiger partial charge in [-0.05, 0) is 30.7 Å². The molecule has 2 heterocycles. The maximum absolute atomic E-state index is 13.0. The van der Waals surface area contributed by atoms with Crippen LogP contribution in [0, 0.1) is 0 Å². The minimum Gasteiger partial charge on any atom is -0.494 e. The molecule has 1 N–H and O–H groups in total. The summed E-state index contributed by atoms with van der Waals surface area (Å²) in [4.78, 5) is 29.4. The zero-order valence-electron chi connectivity index (χ0n) is 14.9. The van der Waals surface area contributed by atoms with E-state index in [1.54, 1.807) is 28.8 Å². The molecule has 27 heavy (non-hydrogen) atoms. The fourth-order valence-corrected chi connectivity index (χ4v) is 3.83. The van der Waals surface area contributed by atoms with Gasteiger partial charge in [0.1, 0.15) is 16.4 Å². The highest BCUT2D eigenvalue weighted by Gasteiger charge is 2.20. The number of rotatable bonds is 7. The van der Waals surface area contributed by atoms with Crippen molar-refractivity contribution in [2.45, 2.75) is 32.7 Å². The van der Waals surface area contributed by atoms with E-state index < -0.39 is 5.97 Å². The lowest BCUT2D eigenvalue weighted by Gasteiger charge is -2.15. The van der Waals surface area contributed by atoms with Crippen molar-refractivity contribution in [3.8, 4) is 5.75 Å². The van der Waals surface area contributed by atoms with E-state index >= 15 is 0 Å². The Morgan fingerprint density at radius 3 is 2.67 bits per heavy atom. The van der Waals surface area contributed by atoms with Crippen molar-refractivity contribution in [1.82, 2.24) is 9.55 Å². The maximum atomic E-state index is 13.0. The molecule has 0 fully saturated rings. The first-order valence-electron chi connectivity index (χ1n) is 8.52. The lowest BCUT2D eigenvalue weighted by molar-refractivity contribution is 0.0699. The summed E-state index contributed by atoms with van der Waals surface area (Å²) in [5.41, 5.74) is -0.303. The number of aromatic carboxylic acids is 1. The smallest absolute Gasteiger partial charge is 0.337 e. The number of carboxylic acids is 1. The molecular weight excluding hydrogens is 388 g/mol. The van der Waals surface area contributed by atoms with E-state index in [4.69, 9.17) is 16.3 Å². The number of nitrogens with zero attached hydrogens (tertiary/aromatic N) is 2. The Morgan fingerprint density at radius 1 is 1.33 bits per heavy atom. The van der Waals surface area contributed by atoms with Gasteiger partial charge in [-0.3, -0.25) is 9.36 Å². The first kappa shape index (κ1) is 19.4. The van der Waals surface area contributed by atoms with Crippen LogP contribution in [0.4, 0.5) is 0 Å². The second-order valence-corrected chi connectivity index (χ2v) is 7.67. The molecule has 0 spiro atoms. The van der Waals surface area contributed by atoms with Crippen molar-refractivity contribution >= 4 is 39.1 Å². The van der Waals surface area contributed by atoms with Crippen molar-refractivity contribution in [2.24, 2.45) is 0 Å². The fraction of sp³-hybridized carbons (Fsp3) is 0.316. The number of ether oxygens (including phenoxy) is 1. The SMILES string of the molecule is CC(C)c1nc2scc(C(=O)O)c2c(=O)n1CCCOc1ccc(Cl)cc1. The van der Waals surface area contributed by atoms with Crippen molar-refractivity contribution in [1.29, 1.82) is 0 Å². The van der Waals surface area contributed by atoms with Gasteiger partial charge in [-0.15, -0.1) is 11.3 Å². The topological polar surface area (TPSA) is 81.4 Å². The van der Waals surface area contributed by atoms with Gasteiger partial charge in [0.05, 0.1) is 17.6 Å². The molecular formula is C19H19ClN2O4S. The van der Waals surface area contributed by atoms with Gasteiger partial charge in [0, 0.05) is 22.9 Å². The predicted molar refractivity (Wildman–Crippen MR) is 106 cm³/mol. The summed E-state index contributed by atoms with van der Waals surface area (Å²) in [7, 11) is 0. The molecule has 3 rings (SSSR count). The molecule has 0 bridgehead atoms. The Bertz CT molecular complexity index is 1020. The van der Waals surface area contributed by atoms with Crippen LogP contribution in [-0.4, -0.2) is 27.2 Å². The molecule has 0 saturated carbocycles. The number of carbonyl (C=O) groups is 1. The Balaban J connectivity index is 1.83. The predicted octanol–water partition coefficient (Wildman–Crippen LogP) is 4.40. The fourth-order valence-electron chi connectivity index (χ4n) is 2.80. The molecule has 0 aliphatic rings. The average molecular weight is 407 g/mol. The molecule has 1 aromatic carbocycles. The first-order chi connectivity index (χ1) is 12.9. The summed E-state index contributed by atoms with van der Waals surface area (Å²) in [6.07, 6.45) is 0.585. The van der Waals surface area contributed by atoms with E-state index in [9.17, 15) is 14.7 Å². The van der Waals surface area contributed by atoms with Crippen LogP contribution >= 0.6 is 22.9 Å². The quantitative estimate of drug-likeness (QED) is 0.588. The normalized spacial score (nSPS) is 11.3. The van der Waals surface area contributed by atoms with Crippen LogP contribution in [0.2, 0.25) is 5.02 Å². The molecule has 0 amide bonds. The van der Waals surface area contributed by atoms with Gasteiger partial charge in [-0.1, -0.05) is 25.4 Å². The molecule has 0 unspecified atom stereocenters. The summed E-state index contributed by atoms with van der Waals surface area (Å²) in [5, 5.41) is 11.6. The van der Waals surface area contributed by atoms with Crippen LogP contribution < -0.4 is 10.3 Å². The molecule has 3 aromatic rings. The molecule has 0 radical (unpaired) electrons. The van der Waals surface area contributed by atoms with E-state index in [0.29, 0.717) is 41.0 Å². The Kier molecular flexibility index (Phi) is 5.82. The van der Waals surface area contributed by atoms with Gasteiger partial charge < -0.3 is 9.84 Å². The zero-order chi connectivity index (χ0) is 19.6. The number of benzene rings is 1. The number of halogens is 1. The highest BCUT2D eigenvalue weighted by molar-refractivity contribution is 7.17. The minimum absolute atomic E-state index is 0.00831. The zero-order valence-corrected chi connectivity index (χ0v) is 16.5. The van der Waals surface area contributed by atoms with E-state index in [1.165, 1.54) is 16.7 Å². The van der Waals surface area contributed by atoms with Gasteiger partial charge in [-0.2, -0.15) is 0 Å². The summed E-state index contributed by atoms with van der Waals surface area (Å²) in [6, 6.07) is 7.07. The minimum atomic E-state index is -1.12. The monoisotopic (exact) mass is 406 g/mol. The third-order valence-corrected chi connectivity index (χ3v) is 5.20. The second-order valence-electron chi connectivity index (χ2n) is 6.37. The average Bonchev–Trinajstić information content (AvgIpc) is 3.06. The van der Waals surface area contributed by atoms with Gasteiger partial charge in [-0.25, -0.2) is 9.78 Å². The molecule has 0 aliphatic carbocycles. The molecule has 142 valence electrons. The van der Waals surface area contributed by atoms with Crippen LogP contribution in [-0.2, 0) is 6.54 Å². The van der Waals surface area contributed by atoms with Crippen molar-refractivity contribution in [2.75, 3.05) is 6.61 Å². The molecule has 0 aliphatic heterocycles. The molecule has 2 aromatic heterocycles. The van der Waals surface area contributed by atoms with Gasteiger partial charge in [0.25, 0.3) is 5.56 Å². The largest absolute Gasteiger partial charge is 0.494 e. The number of thiophene rings is 1. The van der Waals surface area contributed by atoms with E-state index in [0.717, 1.165) is 0 Å². The third-order valence-electron chi connectivity index (χ3n) is 4.08. The summed E-state index contributed by atoms with van der Waals surface area (Å²) in [5.74, 6) is 0.276. The number of carboxylic acid groups (broad SMARTS) is 1. The number of hydrogen-bond donors (Lipinski definition) is 1. The van der Waals surface area contributed by atoms with Crippen LogP contribution in [0.1, 0.15) is 42.4 Å². The molecule has 0 atom stereocenters. The highest BCUT2D eigenvalue weighted by atomic mass is 35.5. The van der Waals surface area contributed by atoms with Crippen molar-refractivity contribution in [3.63, 3.8) is 0 Å². The number of fused-ring (bicyclic) bond motifs is 1. The molecule has 0 saturated heterocycles. The summed E-state index contributed by atoms with van der Waals surface area (Å²) >= 11 is 7.03. The first-order valence-corrected chi connectivity index (χ1v) is 9.78. The third kappa shape index (κ3) is 4.14.